The van der Waals surface area contributed by atoms with Crippen molar-refractivity contribution in [3.05, 3.63) is 64.4 Å². The first-order chi connectivity index (χ1) is 9.65. The van der Waals surface area contributed by atoms with Gasteiger partial charge in [0, 0.05) is 22.7 Å². The summed E-state index contributed by atoms with van der Waals surface area (Å²) in [5.41, 5.74) is 1.59. The van der Waals surface area contributed by atoms with E-state index in [1.807, 2.05) is 31.3 Å². The summed E-state index contributed by atoms with van der Waals surface area (Å²) in [4.78, 5) is 0. The molecule has 0 radical (unpaired) electrons. The minimum Gasteiger partial charge on any atom is -0.497 e. The van der Waals surface area contributed by atoms with Crippen molar-refractivity contribution in [2.24, 2.45) is 0 Å². The molecule has 0 aromatic heterocycles. The molecule has 0 aliphatic carbocycles. The van der Waals surface area contributed by atoms with Crippen LogP contribution in [-0.4, -0.2) is 14.2 Å². The summed E-state index contributed by atoms with van der Waals surface area (Å²) >= 11 is 6.16. The first kappa shape index (κ1) is 14.8. The number of rotatable bonds is 5. The number of methoxy groups -OCH3 is 1. The van der Waals surface area contributed by atoms with Gasteiger partial charge < -0.3 is 10.1 Å². The van der Waals surface area contributed by atoms with Gasteiger partial charge in [-0.25, -0.2) is 4.39 Å². The lowest BCUT2D eigenvalue weighted by Gasteiger charge is -2.18. The largest absolute Gasteiger partial charge is 0.497 e. The number of hydrogen-bond acceptors (Lipinski definition) is 2. The van der Waals surface area contributed by atoms with Crippen LogP contribution in [0, 0.1) is 5.82 Å². The van der Waals surface area contributed by atoms with Crippen LogP contribution in [0.2, 0.25) is 5.02 Å². The van der Waals surface area contributed by atoms with Crippen molar-refractivity contribution in [1.82, 2.24) is 5.32 Å². The highest BCUT2D eigenvalue weighted by Crippen LogP contribution is 2.26. The van der Waals surface area contributed by atoms with E-state index in [9.17, 15) is 4.39 Å². The van der Waals surface area contributed by atoms with E-state index in [1.165, 1.54) is 13.2 Å². The van der Waals surface area contributed by atoms with Crippen molar-refractivity contribution < 1.29 is 9.13 Å². The number of ether oxygens (including phenoxy) is 1. The molecule has 0 saturated heterocycles. The Balaban J connectivity index is 2.27. The number of nitrogens with one attached hydrogen (secondary N) is 1. The van der Waals surface area contributed by atoms with Crippen molar-refractivity contribution in [3.8, 4) is 5.75 Å². The van der Waals surface area contributed by atoms with E-state index in [1.54, 1.807) is 12.1 Å². The van der Waals surface area contributed by atoms with Gasteiger partial charge in [0.25, 0.3) is 0 Å². The van der Waals surface area contributed by atoms with Crippen molar-refractivity contribution in [2.45, 2.75) is 12.5 Å². The monoisotopic (exact) mass is 293 g/mol. The molecule has 0 aliphatic rings. The van der Waals surface area contributed by atoms with Gasteiger partial charge in [-0.3, -0.25) is 0 Å². The second kappa shape index (κ2) is 6.73. The molecule has 4 heteroatoms. The smallest absolute Gasteiger partial charge is 0.131 e. The molecule has 0 fully saturated rings. The lowest BCUT2D eigenvalue weighted by atomic mass is 9.98. The third-order valence-electron chi connectivity index (χ3n) is 3.31. The Bertz CT molecular complexity index is 588. The highest BCUT2D eigenvalue weighted by molar-refractivity contribution is 6.31. The zero-order valence-corrected chi connectivity index (χ0v) is 12.2. The van der Waals surface area contributed by atoms with E-state index >= 15 is 0 Å². The fraction of sp³-hybridized carbons (Fsp3) is 0.250. The second-order valence-corrected chi connectivity index (χ2v) is 4.93. The molecule has 2 nitrogen and oxygen atoms in total. The second-order valence-electron chi connectivity index (χ2n) is 4.52. The Hall–Kier alpha value is -1.58. The summed E-state index contributed by atoms with van der Waals surface area (Å²) in [6.07, 6.45) is 0.624. The average molecular weight is 294 g/mol. The SMILES string of the molecule is CNC(Cc1ccccc1Cl)c1ccc(OC)cc1F. The molecule has 2 aromatic rings. The average Bonchev–Trinajstić information content (AvgIpc) is 2.47. The number of hydrogen-bond donors (Lipinski definition) is 1. The molecule has 1 atom stereocenters. The quantitative estimate of drug-likeness (QED) is 0.900. The van der Waals surface area contributed by atoms with Gasteiger partial charge in [-0.15, -0.1) is 0 Å². The normalized spacial score (nSPS) is 12.2. The molecule has 1 N–H and O–H groups in total. The fourth-order valence-electron chi connectivity index (χ4n) is 2.17. The first-order valence-corrected chi connectivity index (χ1v) is 6.77. The Morgan fingerprint density at radius 2 is 2.00 bits per heavy atom. The molecular weight excluding hydrogens is 277 g/mol. The van der Waals surface area contributed by atoms with Crippen LogP contribution in [0.15, 0.2) is 42.5 Å². The molecule has 0 spiro atoms. The van der Waals surface area contributed by atoms with Gasteiger partial charge in [0.1, 0.15) is 11.6 Å². The van der Waals surface area contributed by atoms with Gasteiger partial charge in [0.15, 0.2) is 0 Å². The van der Waals surface area contributed by atoms with E-state index in [0.717, 1.165) is 5.56 Å². The van der Waals surface area contributed by atoms with E-state index in [4.69, 9.17) is 16.3 Å². The van der Waals surface area contributed by atoms with Gasteiger partial charge in [0.2, 0.25) is 0 Å². The van der Waals surface area contributed by atoms with E-state index in [2.05, 4.69) is 5.32 Å². The van der Waals surface area contributed by atoms with Gasteiger partial charge >= 0.3 is 0 Å². The standard InChI is InChI=1S/C16H17ClFNO/c1-19-16(9-11-5-3-4-6-14(11)17)13-8-7-12(20-2)10-15(13)18/h3-8,10,16,19H,9H2,1-2H3. The van der Waals surface area contributed by atoms with Crippen LogP contribution in [0.25, 0.3) is 0 Å². The predicted octanol–water partition coefficient (Wildman–Crippen LogP) is 3.99. The van der Waals surface area contributed by atoms with E-state index in [0.29, 0.717) is 22.8 Å². The minimum absolute atomic E-state index is 0.138. The maximum absolute atomic E-state index is 14.1. The molecule has 1 unspecified atom stereocenters. The van der Waals surface area contributed by atoms with Crippen molar-refractivity contribution in [2.75, 3.05) is 14.2 Å². The summed E-state index contributed by atoms with van der Waals surface area (Å²) in [5.74, 6) is 0.231. The topological polar surface area (TPSA) is 21.3 Å². The Labute approximate surface area is 123 Å². The fourth-order valence-corrected chi connectivity index (χ4v) is 2.38. The van der Waals surface area contributed by atoms with Crippen molar-refractivity contribution in [1.29, 1.82) is 0 Å². The molecule has 0 aliphatic heterocycles. The molecule has 0 amide bonds. The number of benzene rings is 2. The first-order valence-electron chi connectivity index (χ1n) is 6.39. The van der Waals surface area contributed by atoms with E-state index < -0.39 is 0 Å². The van der Waals surface area contributed by atoms with Gasteiger partial charge in [-0.2, -0.15) is 0 Å². The van der Waals surface area contributed by atoms with Crippen molar-refractivity contribution >= 4 is 11.6 Å². The summed E-state index contributed by atoms with van der Waals surface area (Å²) in [7, 11) is 3.33. The van der Waals surface area contributed by atoms with Crippen LogP contribution in [0.3, 0.4) is 0 Å². The maximum atomic E-state index is 14.1. The zero-order valence-electron chi connectivity index (χ0n) is 11.5. The van der Waals surface area contributed by atoms with Crippen LogP contribution < -0.4 is 10.1 Å². The summed E-state index contributed by atoms with van der Waals surface area (Å²) in [6.45, 7) is 0. The van der Waals surface area contributed by atoms with Gasteiger partial charge in [0.05, 0.1) is 7.11 Å². The molecule has 2 aromatic carbocycles. The molecule has 2 rings (SSSR count). The van der Waals surface area contributed by atoms with Crippen LogP contribution in [-0.2, 0) is 6.42 Å². The van der Waals surface area contributed by atoms with E-state index in [-0.39, 0.29) is 11.9 Å². The van der Waals surface area contributed by atoms with Crippen LogP contribution in [0.5, 0.6) is 5.75 Å². The lowest BCUT2D eigenvalue weighted by molar-refractivity contribution is 0.409. The molecule has 106 valence electrons. The molecule has 0 bridgehead atoms. The van der Waals surface area contributed by atoms with Crippen LogP contribution >= 0.6 is 11.6 Å². The third kappa shape index (κ3) is 3.30. The Kier molecular flexibility index (Phi) is 4.99. The highest BCUT2D eigenvalue weighted by atomic mass is 35.5. The molecule has 20 heavy (non-hydrogen) atoms. The predicted molar refractivity (Wildman–Crippen MR) is 79.9 cm³/mol. The molecule has 0 heterocycles. The summed E-state index contributed by atoms with van der Waals surface area (Å²) < 4.78 is 19.1. The number of halogens is 2. The maximum Gasteiger partial charge on any atom is 0.131 e. The van der Waals surface area contributed by atoms with Crippen LogP contribution in [0.4, 0.5) is 4.39 Å². The molecular formula is C16H17ClFNO. The Morgan fingerprint density at radius 1 is 1.25 bits per heavy atom. The Morgan fingerprint density at radius 3 is 2.60 bits per heavy atom. The van der Waals surface area contributed by atoms with Crippen LogP contribution in [0.1, 0.15) is 17.2 Å². The zero-order chi connectivity index (χ0) is 14.5. The van der Waals surface area contributed by atoms with Gasteiger partial charge in [-0.1, -0.05) is 35.9 Å². The summed E-state index contributed by atoms with van der Waals surface area (Å²) in [6, 6.07) is 12.4. The lowest BCUT2D eigenvalue weighted by Crippen LogP contribution is -2.20. The summed E-state index contributed by atoms with van der Waals surface area (Å²) in [5, 5.41) is 3.83. The minimum atomic E-state index is -0.282. The third-order valence-corrected chi connectivity index (χ3v) is 3.68. The number of likely N-dealkylation sites (N-methyl/N-ethyl adjacent to an activating group) is 1. The van der Waals surface area contributed by atoms with Gasteiger partial charge in [-0.05, 0) is 31.2 Å². The molecule has 0 saturated carbocycles. The van der Waals surface area contributed by atoms with Crippen molar-refractivity contribution in [3.63, 3.8) is 0 Å². The highest BCUT2D eigenvalue weighted by Gasteiger charge is 2.16.